The van der Waals surface area contributed by atoms with Crippen LogP contribution in [0.5, 0.6) is 0 Å². The maximum atomic E-state index is 12.0. The molecule has 0 fully saturated rings. The SMILES string of the molecule is CC(C)[C@](C)(C#N)NC(=O)C[NH+](C)CC(=O)NC(C)(C)C. The zero-order valence-electron chi connectivity index (χ0n) is 14.3. The highest BCUT2D eigenvalue weighted by Gasteiger charge is 2.31. The first-order valence-corrected chi connectivity index (χ1v) is 7.24. The Kier molecular flexibility index (Phi) is 6.84. The van der Waals surface area contributed by atoms with Crippen molar-refractivity contribution in [3.05, 3.63) is 0 Å². The van der Waals surface area contributed by atoms with Crippen molar-refractivity contribution in [1.82, 2.24) is 10.6 Å². The van der Waals surface area contributed by atoms with Gasteiger partial charge in [0.05, 0.1) is 13.1 Å². The van der Waals surface area contributed by atoms with E-state index in [1.807, 2.05) is 34.6 Å². The molecule has 21 heavy (non-hydrogen) atoms. The van der Waals surface area contributed by atoms with Crippen molar-refractivity contribution in [2.75, 3.05) is 20.1 Å². The molecule has 0 aliphatic heterocycles. The van der Waals surface area contributed by atoms with E-state index in [2.05, 4.69) is 16.7 Å². The molecular formula is C15H29N4O2+. The third kappa shape index (κ3) is 7.66. The first kappa shape index (κ1) is 19.4. The summed E-state index contributed by atoms with van der Waals surface area (Å²) in [5, 5.41) is 14.8. The van der Waals surface area contributed by atoms with Gasteiger partial charge in [-0.1, -0.05) is 13.8 Å². The van der Waals surface area contributed by atoms with Crippen molar-refractivity contribution in [1.29, 1.82) is 5.26 Å². The van der Waals surface area contributed by atoms with Crippen molar-refractivity contribution in [2.45, 2.75) is 52.6 Å². The summed E-state index contributed by atoms with van der Waals surface area (Å²) in [4.78, 5) is 24.5. The second-order valence-corrected chi connectivity index (χ2v) is 7.13. The fraction of sp³-hybridized carbons (Fsp3) is 0.800. The number of amides is 2. The Balaban J connectivity index is 4.41. The Bertz CT molecular complexity index is 420. The Morgan fingerprint density at radius 1 is 1.10 bits per heavy atom. The van der Waals surface area contributed by atoms with Gasteiger partial charge in [0.1, 0.15) is 5.54 Å². The molecule has 0 aliphatic rings. The van der Waals surface area contributed by atoms with E-state index in [0.717, 1.165) is 4.90 Å². The molecule has 120 valence electrons. The summed E-state index contributed by atoms with van der Waals surface area (Å²) in [6, 6.07) is 2.13. The fourth-order valence-electron chi connectivity index (χ4n) is 1.71. The maximum absolute atomic E-state index is 12.0. The molecule has 2 atom stereocenters. The molecular weight excluding hydrogens is 268 g/mol. The van der Waals surface area contributed by atoms with Gasteiger partial charge in [0, 0.05) is 5.54 Å². The zero-order chi connectivity index (χ0) is 16.8. The summed E-state index contributed by atoms with van der Waals surface area (Å²) in [5.74, 6) is -0.315. The second kappa shape index (κ2) is 7.41. The van der Waals surface area contributed by atoms with E-state index in [1.54, 1.807) is 14.0 Å². The lowest BCUT2D eigenvalue weighted by Gasteiger charge is -2.27. The van der Waals surface area contributed by atoms with Crippen molar-refractivity contribution in [3.63, 3.8) is 0 Å². The molecule has 6 heteroatoms. The van der Waals surface area contributed by atoms with Gasteiger partial charge in [0.2, 0.25) is 0 Å². The van der Waals surface area contributed by atoms with E-state index in [1.165, 1.54) is 0 Å². The van der Waals surface area contributed by atoms with E-state index in [9.17, 15) is 14.9 Å². The molecule has 0 aliphatic carbocycles. The molecule has 0 aromatic carbocycles. The number of hydrogen-bond donors (Lipinski definition) is 3. The number of quaternary nitrogens is 1. The summed E-state index contributed by atoms with van der Waals surface area (Å²) >= 11 is 0. The van der Waals surface area contributed by atoms with Crippen LogP contribution in [-0.2, 0) is 9.59 Å². The predicted octanol–water partition coefficient (Wildman–Crippen LogP) is -0.530. The van der Waals surface area contributed by atoms with Crippen LogP contribution >= 0.6 is 0 Å². The number of nitrogens with zero attached hydrogens (tertiary/aromatic N) is 1. The van der Waals surface area contributed by atoms with Crippen LogP contribution in [0.4, 0.5) is 0 Å². The molecule has 6 nitrogen and oxygen atoms in total. The minimum atomic E-state index is -0.884. The van der Waals surface area contributed by atoms with Gasteiger partial charge in [-0.05, 0) is 33.6 Å². The Labute approximate surface area is 127 Å². The molecule has 0 heterocycles. The number of rotatable bonds is 6. The van der Waals surface area contributed by atoms with E-state index in [4.69, 9.17) is 0 Å². The van der Waals surface area contributed by atoms with Gasteiger partial charge >= 0.3 is 0 Å². The van der Waals surface area contributed by atoms with Crippen molar-refractivity contribution in [2.24, 2.45) is 5.92 Å². The summed E-state index contributed by atoms with van der Waals surface area (Å²) in [7, 11) is 1.78. The summed E-state index contributed by atoms with van der Waals surface area (Å²) in [6.45, 7) is 11.6. The monoisotopic (exact) mass is 297 g/mol. The Hall–Kier alpha value is -1.61. The smallest absolute Gasteiger partial charge is 0.276 e. The van der Waals surface area contributed by atoms with Gasteiger partial charge < -0.3 is 15.5 Å². The topological polar surface area (TPSA) is 86.4 Å². The second-order valence-electron chi connectivity index (χ2n) is 7.13. The number of nitriles is 1. The highest BCUT2D eigenvalue weighted by atomic mass is 16.2. The van der Waals surface area contributed by atoms with Gasteiger partial charge in [0.25, 0.3) is 11.8 Å². The molecule has 0 aromatic rings. The standard InChI is InChI=1S/C15H28N4O2/c1-11(2)15(6,10-16)18-13(21)9-19(7)8-12(20)17-14(3,4)5/h11H,8-9H2,1-7H3,(H,17,20)(H,18,21)/p+1/t15-/m0/s1. The first-order chi connectivity index (χ1) is 9.39. The minimum Gasteiger partial charge on any atom is -0.347 e. The third-order valence-electron chi connectivity index (χ3n) is 3.23. The van der Waals surface area contributed by atoms with E-state index >= 15 is 0 Å². The largest absolute Gasteiger partial charge is 0.347 e. The summed E-state index contributed by atoms with van der Waals surface area (Å²) in [6.07, 6.45) is 0. The number of hydrogen-bond acceptors (Lipinski definition) is 3. The molecule has 0 saturated carbocycles. The molecule has 0 radical (unpaired) electrons. The highest BCUT2D eigenvalue weighted by Crippen LogP contribution is 2.14. The lowest BCUT2D eigenvalue weighted by molar-refractivity contribution is -0.862. The fourth-order valence-corrected chi connectivity index (χ4v) is 1.71. The first-order valence-electron chi connectivity index (χ1n) is 7.24. The highest BCUT2D eigenvalue weighted by molar-refractivity contribution is 5.80. The minimum absolute atomic E-state index is 0.0101. The van der Waals surface area contributed by atoms with Crippen molar-refractivity contribution in [3.8, 4) is 6.07 Å². The number of likely N-dealkylation sites (N-methyl/N-ethyl adjacent to an activating group) is 1. The van der Waals surface area contributed by atoms with Gasteiger partial charge in [-0.15, -0.1) is 0 Å². The molecule has 0 aromatic heterocycles. The predicted molar refractivity (Wildman–Crippen MR) is 81.5 cm³/mol. The van der Waals surface area contributed by atoms with Crippen LogP contribution in [0, 0.1) is 17.2 Å². The van der Waals surface area contributed by atoms with Crippen LogP contribution in [0.3, 0.4) is 0 Å². The number of carbonyl (C=O) groups excluding carboxylic acids is 2. The average molecular weight is 297 g/mol. The van der Waals surface area contributed by atoms with Crippen LogP contribution < -0.4 is 15.5 Å². The van der Waals surface area contributed by atoms with E-state index < -0.39 is 5.54 Å². The Morgan fingerprint density at radius 3 is 1.86 bits per heavy atom. The Morgan fingerprint density at radius 2 is 1.52 bits per heavy atom. The molecule has 0 saturated heterocycles. The quantitative estimate of drug-likeness (QED) is 0.616. The van der Waals surface area contributed by atoms with Gasteiger partial charge in [0.15, 0.2) is 13.1 Å². The van der Waals surface area contributed by atoms with Gasteiger partial charge in [-0.25, -0.2) is 0 Å². The van der Waals surface area contributed by atoms with Crippen molar-refractivity contribution < 1.29 is 14.5 Å². The van der Waals surface area contributed by atoms with Crippen molar-refractivity contribution >= 4 is 11.8 Å². The number of nitrogens with one attached hydrogen (secondary N) is 3. The van der Waals surface area contributed by atoms with Crippen LogP contribution in [-0.4, -0.2) is 43.0 Å². The van der Waals surface area contributed by atoms with Crippen LogP contribution in [0.1, 0.15) is 41.5 Å². The molecule has 2 amide bonds. The number of carbonyl (C=O) groups is 2. The van der Waals surface area contributed by atoms with Crippen LogP contribution in [0.25, 0.3) is 0 Å². The summed E-state index contributed by atoms with van der Waals surface area (Å²) in [5.41, 5.74) is -1.17. The lowest BCUT2D eigenvalue weighted by Crippen LogP contribution is -3.11. The zero-order valence-corrected chi connectivity index (χ0v) is 14.3. The average Bonchev–Trinajstić information content (AvgIpc) is 2.24. The molecule has 0 rings (SSSR count). The normalized spacial score (nSPS) is 15.8. The summed E-state index contributed by atoms with van der Waals surface area (Å²) < 4.78 is 0. The lowest BCUT2D eigenvalue weighted by atomic mass is 9.90. The van der Waals surface area contributed by atoms with E-state index in [-0.39, 0.29) is 36.4 Å². The van der Waals surface area contributed by atoms with Gasteiger partial charge in [-0.3, -0.25) is 9.59 Å². The maximum Gasteiger partial charge on any atom is 0.276 e. The molecule has 0 bridgehead atoms. The van der Waals surface area contributed by atoms with Crippen LogP contribution in [0.15, 0.2) is 0 Å². The third-order valence-corrected chi connectivity index (χ3v) is 3.23. The van der Waals surface area contributed by atoms with Crippen LogP contribution in [0.2, 0.25) is 0 Å². The molecule has 1 unspecified atom stereocenters. The van der Waals surface area contributed by atoms with Gasteiger partial charge in [-0.2, -0.15) is 5.26 Å². The molecule has 0 spiro atoms. The van der Waals surface area contributed by atoms with E-state index in [0.29, 0.717) is 0 Å². The molecule has 3 N–H and O–H groups in total.